The SMILES string of the molecule is Fc1ccc(F)c(Oc2ccc(CCl)cc2Br)c1. The van der Waals surface area contributed by atoms with E-state index in [0.717, 1.165) is 23.8 Å². The quantitative estimate of drug-likeness (QED) is 0.696. The average molecular weight is 334 g/mol. The lowest BCUT2D eigenvalue weighted by atomic mass is 10.2. The first kappa shape index (κ1) is 13.3. The molecule has 0 aliphatic rings. The van der Waals surface area contributed by atoms with E-state index in [-0.39, 0.29) is 5.75 Å². The van der Waals surface area contributed by atoms with Gasteiger partial charge in [0.2, 0.25) is 0 Å². The molecule has 0 amide bonds. The maximum atomic E-state index is 13.4. The lowest BCUT2D eigenvalue weighted by molar-refractivity contribution is 0.434. The Morgan fingerprint density at radius 1 is 1.06 bits per heavy atom. The van der Waals surface area contributed by atoms with Crippen molar-refractivity contribution in [2.24, 2.45) is 0 Å². The molecule has 0 aliphatic carbocycles. The van der Waals surface area contributed by atoms with Crippen LogP contribution in [0.2, 0.25) is 0 Å². The third kappa shape index (κ3) is 3.00. The molecule has 0 atom stereocenters. The minimum absolute atomic E-state index is 0.158. The largest absolute Gasteiger partial charge is 0.453 e. The maximum Gasteiger partial charge on any atom is 0.166 e. The van der Waals surface area contributed by atoms with E-state index in [1.165, 1.54) is 0 Å². The Labute approximate surface area is 116 Å². The van der Waals surface area contributed by atoms with Crippen molar-refractivity contribution >= 4 is 27.5 Å². The van der Waals surface area contributed by atoms with Crippen molar-refractivity contribution in [3.63, 3.8) is 0 Å². The van der Waals surface area contributed by atoms with Gasteiger partial charge in [-0.25, -0.2) is 8.78 Å². The molecule has 2 aromatic rings. The molecule has 2 rings (SSSR count). The molecule has 94 valence electrons. The Bertz CT molecular complexity index is 575. The molecule has 0 radical (unpaired) electrons. The van der Waals surface area contributed by atoms with Gasteiger partial charge in [-0.15, -0.1) is 11.6 Å². The van der Waals surface area contributed by atoms with Crippen LogP contribution in [-0.2, 0) is 5.88 Å². The lowest BCUT2D eigenvalue weighted by Gasteiger charge is -2.09. The average Bonchev–Trinajstić information content (AvgIpc) is 2.36. The van der Waals surface area contributed by atoms with Crippen molar-refractivity contribution in [2.45, 2.75) is 5.88 Å². The second-order valence-electron chi connectivity index (χ2n) is 3.58. The van der Waals surface area contributed by atoms with E-state index in [2.05, 4.69) is 15.9 Å². The van der Waals surface area contributed by atoms with Gasteiger partial charge in [0.25, 0.3) is 0 Å². The summed E-state index contributed by atoms with van der Waals surface area (Å²) in [6.07, 6.45) is 0. The highest BCUT2D eigenvalue weighted by atomic mass is 79.9. The molecule has 18 heavy (non-hydrogen) atoms. The molecule has 0 saturated carbocycles. The van der Waals surface area contributed by atoms with Crippen LogP contribution in [-0.4, -0.2) is 0 Å². The molecule has 0 spiro atoms. The second-order valence-corrected chi connectivity index (χ2v) is 4.70. The second kappa shape index (κ2) is 5.67. The van der Waals surface area contributed by atoms with Crippen LogP contribution >= 0.6 is 27.5 Å². The number of halogens is 4. The van der Waals surface area contributed by atoms with Gasteiger partial charge < -0.3 is 4.74 Å². The summed E-state index contributed by atoms with van der Waals surface area (Å²) in [6.45, 7) is 0. The summed E-state index contributed by atoms with van der Waals surface area (Å²) in [5.41, 5.74) is 0.899. The highest BCUT2D eigenvalue weighted by Gasteiger charge is 2.09. The summed E-state index contributed by atoms with van der Waals surface area (Å²) in [7, 11) is 0. The summed E-state index contributed by atoms with van der Waals surface area (Å²) in [6, 6.07) is 8.22. The van der Waals surface area contributed by atoms with Gasteiger partial charge in [0.1, 0.15) is 11.6 Å². The predicted molar refractivity (Wildman–Crippen MR) is 70.1 cm³/mol. The van der Waals surface area contributed by atoms with E-state index in [0.29, 0.717) is 16.1 Å². The Morgan fingerprint density at radius 3 is 2.50 bits per heavy atom. The Hall–Kier alpha value is -1.13. The summed E-state index contributed by atoms with van der Waals surface area (Å²) in [5, 5.41) is 0. The predicted octanol–water partition coefficient (Wildman–Crippen LogP) is 5.26. The smallest absolute Gasteiger partial charge is 0.166 e. The van der Waals surface area contributed by atoms with Crippen LogP contribution in [0.15, 0.2) is 40.9 Å². The van der Waals surface area contributed by atoms with Crippen molar-refractivity contribution < 1.29 is 13.5 Å². The van der Waals surface area contributed by atoms with Gasteiger partial charge in [0.05, 0.1) is 4.47 Å². The van der Waals surface area contributed by atoms with Crippen molar-refractivity contribution in [1.82, 2.24) is 0 Å². The molecule has 0 N–H and O–H groups in total. The minimum atomic E-state index is -0.621. The molecule has 2 aromatic carbocycles. The van der Waals surface area contributed by atoms with Crippen molar-refractivity contribution in [3.05, 3.63) is 58.1 Å². The Balaban J connectivity index is 2.31. The highest BCUT2D eigenvalue weighted by molar-refractivity contribution is 9.10. The van der Waals surface area contributed by atoms with Gasteiger partial charge in [-0.05, 0) is 45.8 Å². The molecule has 0 unspecified atom stereocenters. The van der Waals surface area contributed by atoms with E-state index < -0.39 is 11.6 Å². The van der Waals surface area contributed by atoms with E-state index in [1.807, 2.05) is 0 Å². The third-order valence-corrected chi connectivity index (χ3v) is 3.19. The number of ether oxygens (including phenoxy) is 1. The monoisotopic (exact) mass is 332 g/mol. The standard InChI is InChI=1S/C13H8BrClF2O/c14-10-5-8(7-15)1-4-12(10)18-13-6-9(16)2-3-11(13)17/h1-6H,7H2. The fraction of sp³-hybridized carbons (Fsp3) is 0.0769. The minimum Gasteiger partial charge on any atom is -0.453 e. The van der Waals surface area contributed by atoms with Crippen LogP contribution in [0.25, 0.3) is 0 Å². The molecular weight excluding hydrogens is 325 g/mol. The van der Waals surface area contributed by atoms with Crippen molar-refractivity contribution in [2.75, 3.05) is 0 Å². The van der Waals surface area contributed by atoms with Crippen LogP contribution in [0.5, 0.6) is 11.5 Å². The van der Waals surface area contributed by atoms with Crippen molar-refractivity contribution in [3.8, 4) is 11.5 Å². The van der Waals surface area contributed by atoms with E-state index in [1.54, 1.807) is 18.2 Å². The van der Waals surface area contributed by atoms with Gasteiger partial charge in [0, 0.05) is 11.9 Å². The van der Waals surface area contributed by atoms with Gasteiger partial charge in [-0.1, -0.05) is 6.07 Å². The number of hydrogen-bond donors (Lipinski definition) is 0. The highest BCUT2D eigenvalue weighted by Crippen LogP contribution is 2.32. The van der Waals surface area contributed by atoms with E-state index in [4.69, 9.17) is 16.3 Å². The van der Waals surface area contributed by atoms with E-state index >= 15 is 0 Å². The molecular formula is C13H8BrClF2O. The molecule has 5 heteroatoms. The molecule has 0 aromatic heterocycles. The zero-order chi connectivity index (χ0) is 13.1. The lowest BCUT2D eigenvalue weighted by Crippen LogP contribution is -1.91. The van der Waals surface area contributed by atoms with Crippen molar-refractivity contribution in [1.29, 1.82) is 0 Å². The molecule has 0 heterocycles. The van der Waals surface area contributed by atoms with Gasteiger partial charge in [-0.3, -0.25) is 0 Å². The van der Waals surface area contributed by atoms with Gasteiger partial charge >= 0.3 is 0 Å². The third-order valence-electron chi connectivity index (χ3n) is 2.26. The first-order valence-corrected chi connectivity index (χ1v) is 6.40. The van der Waals surface area contributed by atoms with Crippen LogP contribution < -0.4 is 4.74 Å². The fourth-order valence-corrected chi connectivity index (χ4v) is 2.06. The summed E-state index contributed by atoms with van der Waals surface area (Å²) in [4.78, 5) is 0. The molecule has 0 aliphatic heterocycles. The number of benzene rings is 2. The van der Waals surface area contributed by atoms with E-state index in [9.17, 15) is 8.78 Å². The van der Waals surface area contributed by atoms with Crippen LogP contribution in [0, 0.1) is 11.6 Å². The normalized spacial score (nSPS) is 10.4. The summed E-state index contributed by atoms with van der Waals surface area (Å²) >= 11 is 8.97. The first-order chi connectivity index (χ1) is 8.60. The number of rotatable bonds is 3. The van der Waals surface area contributed by atoms with Crippen LogP contribution in [0.4, 0.5) is 8.78 Å². The van der Waals surface area contributed by atoms with Crippen LogP contribution in [0.3, 0.4) is 0 Å². The summed E-state index contributed by atoms with van der Waals surface area (Å²) in [5.74, 6) is -0.569. The fourth-order valence-electron chi connectivity index (χ4n) is 1.38. The molecule has 1 nitrogen and oxygen atoms in total. The number of alkyl halides is 1. The number of hydrogen-bond acceptors (Lipinski definition) is 1. The Kier molecular flexibility index (Phi) is 4.19. The molecule has 0 saturated heterocycles. The first-order valence-electron chi connectivity index (χ1n) is 5.07. The summed E-state index contributed by atoms with van der Waals surface area (Å²) < 4.78 is 32.3. The molecule has 0 fully saturated rings. The van der Waals surface area contributed by atoms with Crippen LogP contribution in [0.1, 0.15) is 5.56 Å². The zero-order valence-electron chi connectivity index (χ0n) is 9.09. The zero-order valence-corrected chi connectivity index (χ0v) is 11.4. The van der Waals surface area contributed by atoms with Gasteiger partial charge in [-0.2, -0.15) is 0 Å². The van der Waals surface area contributed by atoms with Gasteiger partial charge in [0.15, 0.2) is 11.6 Å². The Morgan fingerprint density at radius 2 is 1.83 bits per heavy atom. The maximum absolute atomic E-state index is 13.4. The topological polar surface area (TPSA) is 9.23 Å². The molecule has 0 bridgehead atoms.